The minimum absolute atomic E-state index is 0.0954. The van der Waals surface area contributed by atoms with Crippen LogP contribution in [-0.4, -0.2) is 33.5 Å². The molecule has 0 unspecified atom stereocenters. The van der Waals surface area contributed by atoms with Gasteiger partial charge in [0, 0.05) is 19.0 Å². The Balaban J connectivity index is 2.91. The number of benzene rings is 1. The van der Waals surface area contributed by atoms with Crippen LogP contribution < -0.4 is 14.2 Å². The number of halogens is 3. The first kappa shape index (κ1) is 18.2. The van der Waals surface area contributed by atoms with Gasteiger partial charge in [0.15, 0.2) is 0 Å². The average Bonchev–Trinajstić information content (AvgIpc) is 2.38. The summed E-state index contributed by atoms with van der Waals surface area (Å²) in [5.74, 6) is -0.256. The average molecular weight is 341 g/mol. The second-order valence-corrected chi connectivity index (χ2v) is 5.88. The summed E-state index contributed by atoms with van der Waals surface area (Å²) in [6.45, 7) is 0.631. The van der Waals surface area contributed by atoms with Crippen LogP contribution in [0.5, 0.6) is 11.5 Å². The Morgan fingerprint density at radius 2 is 1.86 bits per heavy atom. The number of carbonyl (C=O) groups is 1. The zero-order chi connectivity index (χ0) is 17.0. The third-order valence-corrected chi connectivity index (χ3v) is 3.73. The van der Waals surface area contributed by atoms with E-state index < -0.39 is 28.0 Å². The lowest BCUT2D eigenvalue weighted by Gasteiger charge is -2.14. The van der Waals surface area contributed by atoms with Crippen molar-refractivity contribution in [2.45, 2.75) is 18.9 Å². The first-order chi connectivity index (χ1) is 10.1. The highest BCUT2D eigenvalue weighted by Gasteiger charge is 2.45. The van der Waals surface area contributed by atoms with Crippen molar-refractivity contribution >= 4 is 16.0 Å². The van der Waals surface area contributed by atoms with Gasteiger partial charge in [-0.3, -0.25) is 4.79 Å². The Kier molecular flexibility index (Phi) is 5.78. The van der Waals surface area contributed by atoms with E-state index in [0.717, 1.165) is 6.92 Å². The maximum atomic E-state index is 12.2. The van der Waals surface area contributed by atoms with Crippen LogP contribution in [0.25, 0.3) is 0 Å². The summed E-state index contributed by atoms with van der Waals surface area (Å²) in [7, 11) is -4.09. The van der Waals surface area contributed by atoms with E-state index in [2.05, 4.69) is 0 Å². The standard InChI is InChI=1S/C12H14F3NO5S/c1-8(17)21-11-5-3-4-10(20-2)9(11)6-7-16-22(18,19)12(13,14)15/h3-5,16H,6-7H2,1-2H3. The summed E-state index contributed by atoms with van der Waals surface area (Å²) in [6, 6.07) is 4.47. The third kappa shape index (κ3) is 4.60. The maximum Gasteiger partial charge on any atom is 0.511 e. The van der Waals surface area contributed by atoms with E-state index in [1.54, 1.807) is 0 Å². The van der Waals surface area contributed by atoms with Crippen LogP contribution in [0.2, 0.25) is 0 Å². The summed E-state index contributed by atoms with van der Waals surface area (Å²) in [5, 5.41) is 0. The van der Waals surface area contributed by atoms with Crippen LogP contribution in [0.4, 0.5) is 13.2 Å². The highest BCUT2D eigenvalue weighted by Crippen LogP contribution is 2.29. The summed E-state index contributed by atoms with van der Waals surface area (Å²) in [5.41, 5.74) is -5.10. The molecule has 0 bridgehead atoms. The Hall–Kier alpha value is -1.81. The second kappa shape index (κ2) is 6.97. The third-order valence-electron chi connectivity index (χ3n) is 2.54. The largest absolute Gasteiger partial charge is 0.511 e. The maximum absolute atomic E-state index is 12.2. The van der Waals surface area contributed by atoms with E-state index in [4.69, 9.17) is 9.47 Å². The van der Waals surface area contributed by atoms with E-state index in [1.165, 1.54) is 30.0 Å². The fourth-order valence-corrected chi connectivity index (χ4v) is 2.16. The minimum Gasteiger partial charge on any atom is -0.496 e. The van der Waals surface area contributed by atoms with Gasteiger partial charge in [-0.25, -0.2) is 13.1 Å². The van der Waals surface area contributed by atoms with Gasteiger partial charge < -0.3 is 9.47 Å². The normalized spacial score (nSPS) is 12.0. The van der Waals surface area contributed by atoms with Crippen LogP contribution in [-0.2, 0) is 21.2 Å². The molecule has 1 aromatic rings. The van der Waals surface area contributed by atoms with Crippen LogP contribution in [0, 0.1) is 0 Å². The number of hydrogen-bond donors (Lipinski definition) is 1. The van der Waals surface area contributed by atoms with E-state index >= 15 is 0 Å². The predicted octanol–water partition coefficient (Wildman–Crippen LogP) is 1.60. The molecule has 22 heavy (non-hydrogen) atoms. The number of rotatable bonds is 6. The van der Waals surface area contributed by atoms with Crippen LogP contribution in [0.3, 0.4) is 0 Å². The second-order valence-electron chi connectivity index (χ2n) is 4.12. The van der Waals surface area contributed by atoms with Crippen LogP contribution in [0.1, 0.15) is 12.5 Å². The highest BCUT2D eigenvalue weighted by molar-refractivity contribution is 7.90. The lowest BCUT2D eigenvalue weighted by Crippen LogP contribution is -2.37. The van der Waals surface area contributed by atoms with Crippen molar-refractivity contribution in [3.05, 3.63) is 23.8 Å². The number of ether oxygens (including phenoxy) is 2. The van der Waals surface area contributed by atoms with Crippen molar-refractivity contribution in [3.8, 4) is 11.5 Å². The Morgan fingerprint density at radius 3 is 2.36 bits per heavy atom. The molecule has 0 heterocycles. The van der Waals surface area contributed by atoms with Crippen LogP contribution in [0.15, 0.2) is 18.2 Å². The molecular formula is C12H14F3NO5S. The molecule has 0 aromatic heterocycles. The number of esters is 1. The van der Waals surface area contributed by atoms with Crippen molar-refractivity contribution in [2.75, 3.05) is 13.7 Å². The number of nitrogens with one attached hydrogen (secondary N) is 1. The zero-order valence-corrected chi connectivity index (χ0v) is 12.5. The fourth-order valence-electron chi connectivity index (χ4n) is 1.63. The van der Waals surface area contributed by atoms with Crippen molar-refractivity contribution in [3.63, 3.8) is 0 Å². The number of sulfonamides is 1. The molecule has 0 fully saturated rings. The first-order valence-corrected chi connectivity index (χ1v) is 7.47. The number of carbonyl (C=O) groups excluding carboxylic acids is 1. The molecular weight excluding hydrogens is 327 g/mol. The molecule has 0 aliphatic heterocycles. The smallest absolute Gasteiger partial charge is 0.496 e. The first-order valence-electron chi connectivity index (χ1n) is 5.98. The SMILES string of the molecule is COc1cccc(OC(C)=O)c1CCNS(=O)(=O)C(F)(F)F. The lowest BCUT2D eigenvalue weighted by atomic mass is 10.1. The van der Waals surface area contributed by atoms with Gasteiger partial charge in [0.2, 0.25) is 0 Å². The van der Waals surface area contributed by atoms with Gasteiger partial charge in [0.1, 0.15) is 11.5 Å². The van der Waals surface area contributed by atoms with E-state index in [1.807, 2.05) is 0 Å². The molecule has 1 rings (SSSR count). The highest BCUT2D eigenvalue weighted by atomic mass is 32.2. The van der Waals surface area contributed by atoms with E-state index in [9.17, 15) is 26.4 Å². The molecule has 1 N–H and O–H groups in total. The zero-order valence-electron chi connectivity index (χ0n) is 11.7. The number of hydrogen-bond acceptors (Lipinski definition) is 5. The fraction of sp³-hybridized carbons (Fsp3) is 0.417. The molecule has 0 saturated heterocycles. The van der Waals surface area contributed by atoms with Gasteiger partial charge in [-0.1, -0.05) is 6.07 Å². The van der Waals surface area contributed by atoms with Gasteiger partial charge in [-0.15, -0.1) is 0 Å². The van der Waals surface area contributed by atoms with E-state index in [0.29, 0.717) is 0 Å². The van der Waals surface area contributed by atoms with Crippen molar-refractivity contribution in [1.29, 1.82) is 0 Å². The minimum atomic E-state index is -5.42. The van der Waals surface area contributed by atoms with Crippen LogP contribution >= 0.6 is 0 Å². The Labute approximate surface area is 125 Å². The number of methoxy groups -OCH3 is 1. The molecule has 0 amide bonds. The molecule has 6 nitrogen and oxygen atoms in total. The van der Waals surface area contributed by atoms with Gasteiger partial charge in [0.05, 0.1) is 7.11 Å². The van der Waals surface area contributed by atoms with Crippen molar-refractivity contribution < 1.29 is 35.9 Å². The summed E-state index contributed by atoms with van der Waals surface area (Å²) in [4.78, 5) is 11.0. The van der Waals surface area contributed by atoms with Gasteiger partial charge in [-0.2, -0.15) is 13.2 Å². The van der Waals surface area contributed by atoms with E-state index in [-0.39, 0.29) is 23.5 Å². The summed E-state index contributed by atoms with van der Waals surface area (Å²) < 4.78 is 69.8. The summed E-state index contributed by atoms with van der Waals surface area (Å²) >= 11 is 0. The number of alkyl halides is 3. The molecule has 0 aliphatic rings. The lowest BCUT2D eigenvalue weighted by molar-refractivity contribution is -0.131. The summed E-state index contributed by atoms with van der Waals surface area (Å²) in [6.07, 6.45) is -0.151. The molecule has 0 radical (unpaired) electrons. The Bertz CT molecular complexity index is 643. The van der Waals surface area contributed by atoms with Gasteiger partial charge in [0.25, 0.3) is 0 Å². The topological polar surface area (TPSA) is 81.7 Å². The molecule has 0 saturated carbocycles. The quantitative estimate of drug-likeness (QED) is 0.628. The molecule has 0 spiro atoms. The molecule has 0 atom stereocenters. The molecule has 124 valence electrons. The molecule has 10 heteroatoms. The van der Waals surface area contributed by atoms with Crippen molar-refractivity contribution in [2.24, 2.45) is 0 Å². The molecule has 0 aliphatic carbocycles. The van der Waals surface area contributed by atoms with Gasteiger partial charge >= 0.3 is 21.5 Å². The Morgan fingerprint density at radius 1 is 1.27 bits per heavy atom. The molecule has 1 aromatic carbocycles. The van der Waals surface area contributed by atoms with Gasteiger partial charge in [-0.05, 0) is 18.6 Å². The van der Waals surface area contributed by atoms with Crippen molar-refractivity contribution in [1.82, 2.24) is 4.72 Å². The predicted molar refractivity (Wildman–Crippen MR) is 71.0 cm³/mol. The monoisotopic (exact) mass is 341 g/mol.